The Hall–Kier alpha value is -1.63. The number of carbonyl (C=O) groups is 1. The van der Waals surface area contributed by atoms with Crippen LogP contribution in [-0.4, -0.2) is 17.6 Å². The van der Waals surface area contributed by atoms with Crippen LogP contribution < -0.4 is 15.4 Å². The fourth-order valence-corrected chi connectivity index (χ4v) is 2.85. The number of rotatable bonds is 5. The largest absolute Gasteiger partial charge is 0.492 e. The monoisotopic (exact) mass is 454 g/mol. The lowest BCUT2D eigenvalue weighted by molar-refractivity contribution is 0.0973. The van der Waals surface area contributed by atoms with Gasteiger partial charge in [0, 0.05) is 15.2 Å². The van der Waals surface area contributed by atoms with Crippen LogP contribution in [0.3, 0.4) is 0 Å². The normalized spacial score (nSPS) is 10.5. The minimum absolute atomic E-state index is 0.190. The molecule has 2 aromatic rings. The van der Waals surface area contributed by atoms with Crippen molar-refractivity contribution in [3.05, 3.63) is 57.0 Å². The first-order valence-electron chi connectivity index (χ1n) is 8.07. The molecule has 0 aliphatic rings. The minimum Gasteiger partial charge on any atom is -0.492 e. The number of halogens is 2. The molecule has 0 saturated heterocycles. The molecule has 1 amide bonds. The molecule has 0 aromatic heterocycles. The number of nitrogens with one attached hydrogen (secondary N) is 2. The maximum Gasteiger partial charge on any atom is 0.261 e. The van der Waals surface area contributed by atoms with Crippen LogP contribution in [0.2, 0.25) is 5.02 Å². The molecule has 0 unspecified atom stereocenters. The molecular formula is C19H20BrClN2O2S. The molecular weight excluding hydrogens is 436 g/mol. The summed E-state index contributed by atoms with van der Waals surface area (Å²) in [6.45, 7) is 6.54. The van der Waals surface area contributed by atoms with E-state index in [1.165, 1.54) is 0 Å². The Kier molecular flexibility index (Phi) is 7.43. The standard InChI is InChI=1S/C19H20BrClN2O2S/c1-11(2)10-25-17-7-5-13(20)8-15(17)18(24)23-19(26)22-16-9-14(21)6-4-12(16)3/h4-9,11H,10H2,1-3H3,(H2,22,23,24,26). The van der Waals surface area contributed by atoms with Crippen LogP contribution in [0.15, 0.2) is 40.9 Å². The first kappa shape index (κ1) is 20.7. The first-order valence-corrected chi connectivity index (χ1v) is 9.65. The second-order valence-corrected chi connectivity index (χ2v) is 7.97. The van der Waals surface area contributed by atoms with E-state index in [0.29, 0.717) is 28.9 Å². The first-order chi connectivity index (χ1) is 12.3. The number of anilines is 1. The summed E-state index contributed by atoms with van der Waals surface area (Å²) in [6.07, 6.45) is 0. The van der Waals surface area contributed by atoms with Gasteiger partial charge in [-0.25, -0.2) is 0 Å². The SMILES string of the molecule is Cc1ccc(Cl)cc1NC(=S)NC(=O)c1cc(Br)ccc1OCC(C)C. The fraction of sp³-hybridized carbons (Fsp3) is 0.263. The van der Waals surface area contributed by atoms with Crippen LogP contribution in [-0.2, 0) is 0 Å². The van der Waals surface area contributed by atoms with E-state index in [1.54, 1.807) is 24.3 Å². The number of carbonyl (C=O) groups excluding carboxylic acids is 1. The summed E-state index contributed by atoms with van der Waals surface area (Å²) in [4.78, 5) is 12.6. The summed E-state index contributed by atoms with van der Waals surface area (Å²) in [5.41, 5.74) is 2.12. The Bertz CT molecular complexity index is 827. The quantitative estimate of drug-likeness (QED) is 0.579. The number of hydrogen-bond donors (Lipinski definition) is 2. The molecule has 138 valence electrons. The van der Waals surface area contributed by atoms with E-state index in [9.17, 15) is 4.79 Å². The summed E-state index contributed by atoms with van der Waals surface area (Å²) < 4.78 is 6.53. The van der Waals surface area contributed by atoms with E-state index in [0.717, 1.165) is 15.7 Å². The van der Waals surface area contributed by atoms with Crippen LogP contribution in [0.5, 0.6) is 5.75 Å². The van der Waals surface area contributed by atoms with Gasteiger partial charge in [0.25, 0.3) is 5.91 Å². The zero-order valence-corrected chi connectivity index (χ0v) is 17.9. The zero-order chi connectivity index (χ0) is 19.3. The highest BCUT2D eigenvalue weighted by Gasteiger charge is 2.15. The Balaban J connectivity index is 2.12. The topological polar surface area (TPSA) is 50.4 Å². The Morgan fingerprint density at radius 3 is 2.69 bits per heavy atom. The molecule has 2 N–H and O–H groups in total. The Labute approximate surface area is 172 Å². The molecule has 0 spiro atoms. The molecule has 0 atom stereocenters. The van der Waals surface area contributed by atoms with Gasteiger partial charge in [-0.15, -0.1) is 0 Å². The highest BCUT2D eigenvalue weighted by atomic mass is 79.9. The molecule has 2 rings (SSSR count). The molecule has 2 aromatic carbocycles. The van der Waals surface area contributed by atoms with Crippen molar-refractivity contribution in [1.29, 1.82) is 0 Å². The highest BCUT2D eigenvalue weighted by molar-refractivity contribution is 9.10. The van der Waals surface area contributed by atoms with Gasteiger partial charge < -0.3 is 10.1 Å². The second-order valence-electron chi connectivity index (χ2n) is 6.21. The molecule has 0 aliphatic carbocycles. The molecule has 0 fully saturated rings. The Morgan fingerprint density at radius 2 is 2.00 bits per heavy atom. The van der Waals surface area contributed by atoms with E-state index < -0.39 is 0 Å². The maximum atomic E-state index is 12.6. The van der Waals surface area contributed by atoms with Gasteiger partial charge in [0.05, 0.1) is 12.2 Å². The number of ether oxygens (including phenoxy) is 1. The van der Waals surface area contributed by atoms with Gasteiger partial charge in [0.15, 0.2) is 5.11 Å². The van der Waals surface area contributed by atoms with Gasteiger partial charge in [-0.3, -0.25) is 10.1 Å². The lowest BCUT2D eigenvalue weighted by atomic mass is 10.2. The molecule has 4 nitrogen and oxygen atoms in total. The minimum atomic E-state index is -0.345. The van der Waals surface area contributed by atoms with Crippen molar-refractivity contribution >= 4 is 56.5 Å². The third kappa shape index (κ3) is 5.97. The summed E-state index contributed by atoms with van der Waals surface area (Å²) in [6, 6.07) is 10.7. The maximum absolute atomic E-state index is 12.6. The Morgan fingerprint density at radius 1 is 1.27 bits per heavy atom. The second kappa shape index (κ2) is 9.35. The number of aryl methyl sites for hydroxylation is 1. The molecule has 7 heteroatoms. The van der Waals surface area contributed by atoms with Gasteiger partial charge in [0.2, 0.25) is 0 Å². The van der Waals surface area contributed by atoms with Crippen LogP contribution in [0.4, 0.5) is 5.69 Å². The van der Waals surface area contributed by atoms with Crippen molar-refractivity contribution < 1.29 is 9.53 Å². The average molecular weight is 456 g/mol. The van der Waals surface area contributed by atoms with Gasteiger partial charge in [0.1, 0.15) is 5.75 Å². The number of benzene rings is 2. The van der Waals surface area contributed by atoms with E-state index >= 15 is 0 Å². The van der Waals surface area contributed by atoms with Gasteiger partial charge in [-0.1, -0.05) is 47.4 Å². The van der Waals surface area contributed by atoms with E-state index in [-0.39, 0.29) is 11.0 Å². The van der Waals surface area contributed by atoms with Crippen molar-refractivity contribution in [2.75, 3.05) is 11.9 Å². The summed E-state index contributed by atoms with van der Waals surface area (Å²) >= 11 is 14.7. The predicted molar refractivity (Wildman–Crippen MR) is 114 cm³/mol. The van der Waals surface area contributed by atoms with Gasteiger partial charge >= 0.3 is 0 Å². The van der Waals surface area contributed by atoms with Gasteiger partial charge in [-0.05, 0) is 61.0 Å². The van der Waals surface area contributed by atoms with E-state index in [1.807, 2.05) is 32.9 Å². The summed E-state index contributed by atoms with van der Waals surface area (Å²) in [5.74, 6) is 0.520. The number of thiocarbonyl (C=S) groups is 1. The molecule has 0 saturated carbocycles. The highest BCUT2D eigenvalue weighted by Crippen LogP contribution is 2.24. The smallest absolute Gasteiger partial charge is 0.261 e. The third-order valence-electron chi connectivity index (χ3n) is 3.43. The van der Waals surface area contributed by atoms with Gasteiger partial charge in [-0.2, -0.15) is 0 Å². The van der Waals surface area contributed by atoms with Crippen molar-refractivity contribution in [3.63, 3.8) is 0 Å². The zero-order valence-electron chi connectivity index (χ0n) is 14.7. The van der Waals surface area contributed by atoms with Crippen molar-refractivity contribution in [3.8, 4) is 5.75 Å². The van der Waals surface area contributed by atoms with Crippen molar-refractivity contribution in [2.24, 2.45) is 5.92 Å². The molecule has 0 heterocycles. The predicted octanol–water partition coefficient (Wildman–Crippen LogP) is 5.57. The fourth-order valence-electron chi connectivity index (χ4n) is 2.11. The van der Waals surface area contributed by atoms with E-state index in [4.69, 9.17) is 28.6 Å². The summed E-state index contributed by atoms with van der Waals surface area (Å²) in [5, 5.41) is 6.46. The van der Waals surface area contributed by atoms with Crippen molar-refractivity contribution in [1.82, 2.24) is 5.32 Å². The summed E-state index contributed by atoms with van der Waals surface area (Å²) in [7, 11) is 0. The third-order valence-corrected chi connectivity index (χ3v) is 4.37. The number of amides is 1. The lowest BCUT2D eigenvalue weighted by Crippen LogP contribution is -2.34. The molecule has 0 bridgehead atoms. The average Bonchev–Trinajstić information content (AvgIpc) is 2.56. The molecule has 26 heavy (non-hydrogen) atoms. The van der Waals surface area contributed by atoms with Crippen LogP contribution in [0.25, 0.3) is 0 Å². The van der Waals surface area contributed by atoms with Crippen LogP contribution in [0, 0.1) is 12.8 Å². The molecule has 0 radical (unpaired) electrons. The number of hydrogen-bond acceptors (Lipinski definition) is 3. The van der Waals surface area contributed by atoms with Crippen LogP contribution >= 0.6 is 39.7 Å². The molecule has 0 aliphatic heterocycles. The van der Waals surface area contributed by atoms with Crippen LogP contribution in [0.1, 0.15) is 29.8 Å². The van der Waals surface area contributed by atoms with E-state index in [2.05, 4.69) is 26.6 Å². The lowest BCUT2D eigenvalue weighted by Gasteiger charge is -2.15. The van der Waals surface area contributed by atoms with Crippen molar-refractivity contribution in [2.45, 2.75) is 20.8 Å².